The summed E-state index contributed by atoms with van der Waals surface area (Å²) in [7, 11) is 0. The molecule has 0 amide bonds. The zero-order valence-corrected chi connectivity index (χ0v) is 19.4. The highest BCUT2D eigenvalue weighted by molar-refractivity contribution is 5.82. The van der Waals surface area contributed by atoms with Gasteiger partial charge in [-0.25, -0.2) is 9.89 Å². The summed E-state index contributed by atoms with van der Waals surface area (Å²) in [5, 5.41) is 9.54. The van der Waals surface area contributed by atoms with Gasteiger partial charge >= 0.3 is 0 Å². The Morgan fingerprint density at radius 2 is 1.47 bits per heavy atom. The van der Waals surface area contributed by atoms with Crippen LogP contribution in [0.3, 0.4) is 0 Å². The molecule has 7 nitrogen and oxygen atoms in total. The highest BCUT2D eigenvalue weighted by atomic mass is 15.3. The van der Waals surface area contributed by atoms with Gasteiger partial charge in [-0.2, -0.15) is 5.26 Å². The Hall–Kier alpha value is -3.73. The third-order valence-corrected chi connectivity index (χ3v) is 6.25. The highest BCUT2D eigenvalue weighted by Gasteiger charge is 2.22. The van der Waals surface area contributed by atoms with Gasteiger partial charge in [-0.05, 0) is 23.3 Å². The van der Waals surface area contributed by atoms with Crippen molar-refractivity contribution in [3.8, 4) is 6.19 Å². The molecule has 0 saturated carbocycles. The van der Waals surface area contributed by atoms with E-state index in [9.17, 15) is 5.26 Å². The summed E-state index contributed by atoms with van der Waals surface area (Å²) < 4.78 is 0. The van der Waals surface area contributed by atoms with Crippen molar-refractivity contribution in [2.75, 3.05) is 45.8 Å². The number of nitrogens with two attached hydrogens (primary N) is 1. The molecule has 4 rings (SSSR count). The normalized spacial score (nSPS) is 15.2. The van der Waals surface area contributed by atoms with Crippen molar-refractivity contribution >= 4 is 11.6 Å². The van der Waals surface area contributed by atoms with Gasteiger partial charge in [0.1, 0.15) is 0 Å². The van der Waals surface area contributed by atoms with Crippen LogP contribution < -0.4 is 5.73 Å². The zero-order valence-electron chi connectivity index (χ0n) is 19.4. The summed E-state index contributed by atoms with van der Waals surface area (Å²) in [6.07, 6.45) is 5.47. The Balaban J connectivity index is 1.30. The second kappa shape index (κ2) is 11.9. The van der Waals surface area contributed by atoms with Crippen molar-refractivity contribution in [2.24, 2.45) is 10.7 Å². The first-order valence-electron chi connectivity index (χ1n) is 11.7. The molecule has 1 aromatic heterocycles. The molecule has 2 aromatic carbocycles. The van der Waals surface area contributed by atoms with Crippen LogP contribution in [0.5, 0.6) is 0 Å². The fraction of sp³-hybridized carbons (Fsp3) is 0.296. The van der Waals surface area contributed by atoms with Gasteiger partial charge in [0.15, 0.2) is 6.19 Å². The number of nitrogens with zero attached hydrogens (tertiary/aromatic N) is 6. The number of aromatic nitrogens is 1. The number of benzene rings is 2. The molecule has 1 saturated heterocycles. The number of piperazine rings is 1. The molecule has 1 aliphatic heterocycles. The Kier molecular flexibility index (Phi) is 8.22. The monoisotopic (exact) mass is 453 g/mol. The summed E-state index contributed by atoms with van der Waals surface area (Å²) in [6, 6.07) is 25.0. The van der Waals surface area contributed by atoms with E-state index in [1.165, 1.54) is 16.0 Å². The molecule has 2 N–H and O–H groups in total. The molecular formula is C27H31N7. The van der Waals surface area contributed by atoms with Gasteiger partial charge < -0.3 is 5.73 Å². The quantitative estimate of drug-likeness (QED) is 0.244. The van der Waals surface area contributed by atoms with Crippen molar-refractivity contribution in [2.45, 2.75) is 5.92 Å². The Morgan fingerprint density at radius 1 is 0.912 bits per heavy atom. The van der Waals surface area contributed by atoms with Gasteiger partial charge in [0.05, 0.1) is 5.69 Å². The lowest BCUT2D eigenvalue weighted by molar-refractivity contribution is 0.127. The van der Waals surface area contributed by atoms with Gasteiger partial charge in [0.2, 0.25) is 5.96 Å². The van der Waals surface area contributed by atoms with Gasteiger partial charge in [0, 0.05) is 64.1 Å². The van der Waals surface area contributed by atoms with Crippen LogP contribution in [0, 0.1) is 11.5 Å². The number of pyridine rings is 1. The molecule has 1 fully saturated rings. The summed E-state index contributed by atoms with van der Waals surface area (Å²) in [5.74, 6) is 0.563. The van der Waals surface area contributed by atoms with Gasteiger partial charge in [0.25, 0.3) is 0 Å². The van der Waals surface area contributed by atoms with Crippen LogP contribution in [-0.2, 0) is 0 Å². The second-order valence-corrected chi connectivity index (χ2v) is 8.44. The van der Waals surface area contributed by atoms with Crippen LogP contribution in [0.4, 0.5) is 5.69 Å². The van der Waals surface area contributed by atoms with Crippen LogP contribution in [0.15, 0.2) is 90.2 Å². The van der Waals surface area contributed by atoms with E-state index in [1.54, 1.807) is 24.5 Å². The first-order valence-corrected chi connectivity index (χ1v) is 11.7. The van der Waals surface area contributed by atoms with Crippen molar-refractivity contribution in [1.29, 1.82) is 5.26 Å². The fourth-order valence-electron chi connectivity index (χ4n) is 4.30. The molecule has 2 heterocycles. The molecule has 0 radical (unpaired) electrons. The number of nitriles is 1. The number of rotatable bonds is 8. The van der Waals surface area contributed by atoms with E-state index in [1.807, 2.05) is 0 Å². The van der Waals surface area contributed by atoms with Crippen LogP contribution >= 0.6 is 0 Å². The maximum atomic E-state index is 9.54. The Morgan fingerprint density at radius 3 is 2.03 bits per heavy atom. The summed E-state index contributed by atoms with van der Waals surface area (Å²) in [5.41, 5.74) is 9.46. The summed E-state index contributed by atoms with van der Waals surface area (Å²) in [6.45, 7) is 6.24. The SMILES string of the molecule is N#CN(CCN1CCN(CC(c2ccccc2)c2ccccc2)CC1)C(N)=Nc1ccncc1. The van der Waals surface area contributed by atoms with E-state index < -0.39 is 0 Å². The van der Waals surface area contributed by atoms with E-state index in [2.05, 4.69) is 86.6 Å². The Labute approximate surface area is 201 Å². The van der Waals surface area contributed by atoms with Crippen molar-refractivity contribution < 1.29 is 0 Å². The first kappa shape index (κ1) is 23.4. The molecule has 3 aromatic rings. The van der Waals surface area contributed by atoms with Crippen molar-refractivity contribution in [3.63, 3.8) is 0 Å². The number of hydrogen-bond donors (Lipinski definition) is 1. The van der Waals surface area contributed by atoms with Gasteiger partial charge in [-0.1, -0.05) is 60.7 Å². The summed E-state index contributed by atoms with van der Waals surface area (Å²) >= 11 is 0. The average Bonchev–Trinajstić information content (AvgIpc) is 2.90. The van der Waals surface area contributed by atoms with Crippen molar-refractivity contribution in [3.05, 3.63) is 96.3 Å². The molecule has 7 heteroatoms. The van der Waals surface area contributed by atoms with Gasteiger partial charge in [-0.3, -0.25) is 14.8 Å². The third-order valence-electron chi connectivity index (χ3n) is 6.25. The molecule has 0 spiro atoms. The number of hydrogen-bond acceptors (Lipinski definition) is 5. The smallest absolute Gasteiger partial charge is 0.210 e. The van der Waals surface area contributed by atoms with Crippen LogP contribution in [-0.4, -0.2) is 71.5 Å². The predicted octanol–water partition coefficient (Wildman–Crippen LogP) is 3.26. The van der Waals surface area contributed by atoms with E-state index in [0.717, 1.165) is 39.3 Å². The second-order valence-electron chi connectivity index (χ2n) is 8.44. The Bertz CT molecular complexity index is 1030. The molecule has 0 atom stereocenters. The maximum absolute atomic E-state index is 9.54. The minimum Gasteiger partial charge on any atom is -0.369 e. The molecule has 174 valence electrons. The lowest BCUT2D eigenvalue weighted by Crippen LogP contribution is -2.49. The zero-order chi connectivity index (χ0) is 23.6. The lowest BCUT2D eigenvalue weighted by atomic mass is 9.90. The molecule has 0 aliphatic carbocycles. The lowest BCUT2D eigenvalue weighted by Gasteiger charge is -2.37. The predicted molar refractivity (Wildman–Crippen MR) is 135 cm³/mol. The first-order chi connectivity index (χ1) is 16.7. The minimum atomic E-state index is 0.209. The van der Waals surface area contributed by atoms with Crippen molar-refractivity contribution in [1.82, 2.24) is 19.7 Å². The van der Waals surface area contributed by atoms with Crippen LogP contribution in [0.1, 0.15) is 17.0 Å². The van der Waals surface area contributed by atoms with Gasteiger partial charge in [-0.15, -0.1) is 0 Å². The summed E-state index contributed by atoms with van der Waals surface area (Å²) in [4.78, 5) is 14.7. The topological polar surface area (TPSA) is 84.8 Å². The van der Waals surface area contributed by atoms with E-state index in [0.29, 0.717) is 18.2 Å². The number of guanidine groups is 1. The standard InChI is InChI=1S/C27H31N7/c28-22-34(27(29)31-25-11-13-30-14-12-25)20-19-32-15-17-33(18-16-32)21-26(23-7-3-1-4-8-23)24-9-5-2-6-10-24/h1-14,26H,15-21H2,(H2,29,30,31). The largest absolute Gasteiger partial charge is 0.369 e. The molecule has 0 unspecified atom stereocenters. The van der Waals surface area contributed by atoms with E-state index >= 15 is 0 Å². The molecule has 0 bridgehead atoms. The van der Waals surface area contributed by atoms with Crippen LogP contribution in [0.2, 0.25) is 0 Å². The minimum absolute atomic E-state index is 0.209. The number of aliphatic imine (C=N–C) groups is 1. The molecule has 34 heavy (non-hydrogen) atoms. The average molecular weight is 454 g/mol. The maximum Gasteiger partial charge on any atom is 0.210 e. The molecule has 1 aliphatic rings. The van der Waals surface area contributed by atoms with Crippen LogP contribution in [0.25, 0.3) is 0 Å². The third kappa shape index (κ3) is 6.41. The van der Waals surface area contributed by atoms with E-state index in [4.69, 9.17) is 5.73 Å². The van der Waals surface area contributed by atoms with E-state index in [-0.39, 0.29) is 5.96 Å². The highest BCUT2D eigenvalue weighted by Crippen LogP contribution is 2.26. The fourth-order valence-corrected chi connectivity index (χ4v) is 4.30. The molecular weight excluding hydrogens is 422 g/mol.